The molecule has 0 radical (unpaired) electrons. The summed E-state index contributed by atoms with van der Waals surface area (Å²) in [6, 6.07) is 3.16. The average molecular weight is 395 g/mol. The molecule has 3 aliphatic rings. The van der Waals surface area contributed by atoms with Gasteiger partial charge in [0, 0.05) is 31.2 Å². The Bertz CT molecular complexity index is 723. The Morgan fingerprint density at radius 2 is 2.29 bits per heavy atom. The summed E-state index contributed by atoms with van der Waals surface area (Å²) < 4.78 is 26.1. The first-order valence-electron chi connectivity index (χ1n) is 9.81. The standard InChI is InChI=1S/C18H26FN5O4/c19-14-10-22(6-4-15(14)23-9-13-8-12(23)11-28-13)17-3-2-16(24(25)26)18(21-17)27-7-1-5-20/h2-3,12-15H,1,4-11,20H2/t12-,13-,14+,15-/m0/s1. The van der Waals surface area contributed by atoms with E-state index in [1.165, 1.54) is 6.07 Å². The van der Waals surface area contributed by atoms with Gasteiger partial charge in [0.15, 0.2) is 0 Å². The van der Waals surface area contributed by atoms with Crippen molar-refractivity contribution in [2.24, 2.45) is 5.73 Å². The predicted molar refractivity (Wildman–Crippen MR) is 100 cm³/mol. The minimum atomic E-state index is -1.01. The molecule has 4 heterocycles. The van der Waals surface area contributed by atoms with Gasteiger partial charge >= 0.3 is 5.69 Å². The molecule has 2 N–H and O–H groups in total. The fraction of sp³-hybridized carbons (Fsp3) is 0.722. The number of aromatic nitrogens is 1. The number of piperidine rings is 1. The van der Waals surface area contributed by atoms with E-state index in [9.17, 15) is 10.1 Å². The van der Waals surface area contributed by atoms with Crippen LogP contribution in [0.25, 0.3) is 0 Å². The zero-order chi connectivity index (χ0) is 19.7. The van der Waals surface area contributed by atoms with Gasteiger partial charge in [-0.05, 0) is 31.9 Å². The van der Waals surface area contributed by atoms with Crippen LogP contribution in [0.15, 0.2) is 12.1 Å². The van der Waals surface area contributed by atoms with Gasteiger partial charge in [-0.3, -0.25) is 15.0 Å². The number of hydrogen-bond acceptors (Lipinski definition) is 8. The SMILES string of the molecule is NCCCOc1nc(N2CC[C@H](N3C[C@@H]4C[C@H]3CO4)[C@H](F)C2)ccc1[N+](=O)[O-]. The summed E-state index contributed by atoms with van der Waals surface area (Å²) in [6.07, 6.45) is 1.50. The lowest BCUT2D eigenvalue weighted by molar-refractivity contribution is -0.386. The van der Waals surface area contributed by atoms with E-state index in [2.05, 4.69) is 9.88 Å². The zero-order valence-electron chi connectivity index (χ0n) is 15.7. The topological polar surface area (TPSA) is 107 Å². The molecule has 154 valence electrons. The molecule has 4 rings (SSSR count). The van der Waals surface area contributed by atoms with Crippen molar-refractivity contribution in [2.75, 3.05) is 44.3 Å². The van der Waals surface area contributed by atoms with Gasteiger partial charge < -0.3 is 20.1 Å². The van der Waals surface area contributed by atoms with Crippen LogP contribution in [-0.4, -0.2) is 78.6 Å². The number of nitrogens with zero attached hydrogens (tertiary/aromatic N) is 4. The van der Waals surface area contributed by atoms with Crippen LogP contribution in [0.5, 0.6) is 5.88 Å². The predicted octanol–water partition coefficient (Wildman–Crippen LogP) is 1.11. The fourth-order valence-electron chi connectivity index (χ4n) is 4.41. The van der Waals surface area contributed by atoms with E-state index >= 15 is 4.39 Å². The highest BCUT2D eigenvalue weighted by atomic mass is 19.1. The van der Waals surface area contributed by atoms with E-state index in [-0.39, 0.29) is 36.9 Å². The molecule has 0 amide bonds. The molecular formula is C18H26FN5O4. The van der Waals surface area contributed by atoms with Gasteiger partial charge in [0.2, 0.25) is 0 Å². The van der Waals surface area contributed by atoms with Gasteiger partial charge in [-0.2, -0.15) is 4.98 Å². The van der Waals surface area contributed by atoms with Crippen LogP contribution < -0.4 is 15.4 Å². The Morgan fingerprint density at radius 3 is 2.93 bits per heavy atom. The van der Waals surface area contributed by atoms with E-state index in [0.29, 0.717) is 44.4 Å². The Hall–Kier alpha value is -2.04. The maximum absolute atomic E-state index is 15.0. The molecule has 10 heteroatoms. The average Bonchev–Trinajstić information content (AvgIpc) is 3.31. The molecule has 0 aliphatic carbocycles. The molecule has 4 atom stereocenters. The van der Waals surface area contributed by atoms with Crippen LogP contribution in [0.1, 0.15) is 19.3 Å². The van der Waals surface area contributed by atoms with E-state index in [1.807, 2.05) is 4.90 Å². The maximum atomic E-state index is 15.0. The van der Waals surface area contributed by atoms with Crippen molar-refractivity contribution in [1.29, 1.82) is 0 Å². The molecule has 2 bridgehead atoms. The first-order valence-corrected chi connectivity index (χ1v) is 9.81. The van der Waals surface area contributed by atoms with Gasteiger partial charge in [0.1, 0.15) is 12.0 Å². The van der Waals surface area contributed by atoms with Crippen molar-refractivity contribution < 1.29 is 18.8 Å². The van der Waals surface area contributed by atoms with Crippen LogP contribution in [0.3, 0.4) is 0 Å². The molecule has 0 unspecified atom stereocenters. The number of hydrogen-bond donors (Lipinski definition) is 1. The highest BCUT2D eigenvalue weighted by molar-refractivity contribution is 5.51. The second kappa shape index (κ2) is 8.14. The van der Waals surface area contributed by atoms with Gasteiger partial charge in [0.25, 0.3) is 5.88 Å². The molecule has 0 aromatic carbocycles. The number of rotatable bonds is 7. The molecule has 28 heavy (non-hydrogen) atoms. The first-order chi connectivity index (χ1) is 13.6. The molecule has 1 aromatic heterocycles. The number of fused-ring (bicyclic) bond motifs is 2. The molecule has 3 fully saturated rings. The molecule has 3 saturated heterocycles. The Labute approximate surface area is 162 Å². The van der Waals surface area contributed by atoms with Crippen molar-refractivity contribution in [3.63, 3.8) is 0 Å². The van der Waals surface area contributed by atoms with Gasteiger partial charge in [0.05, 0.1) is 30.8 Å². The van der Waals surface area contributed by atoms with Crippen molar-refractivity contribution >= 4 is 11.5 Å². The number of anilines is 1. The fourth-order valence-corrected chi connectivity index (χ4v) is 4.41. The van der Waals surface area contributed by atoms with Crippen LogP contribution in [0.4, 0.5) is 15.9 Å². The first kappa shape index (κ1) is 19.3. The minimum absolute atomic E-state index is 0.0394. The van der Waals surface area contributed by atoms with Crippen molar-refractivity contribution in [3.8, 4) is 5.88 Å². The molecule has 9 nitrogen and oxygen atoms in total. The third kappa shape index (κ3) is 3.76. The monoisotopic (exact) mass is 395 g/mol. The van der Waals surface area contributed by atoms with Gasteiger partial charge in [-0.25, -0.2) is 4.39 Å². The van der Waals surface area contributed by atoms with E-state index in [1.54, 1.807) is 6.07 Å². The second-order valence-electron chi connectivity index (χ2n) is 7.60. The van der Waals surface area contributed by atoms with E-state index in [0.717, 1.165) is 13.0 Å². The summed E-state index contributed by atoms with van der Waals surface area (Å²) in [7, 11) is 0. The number of morpholine rings is 1. The van der Waals surface area contributed by atoms with Crippen LogP contribution in [-0.2, 0) is 4.74 Å². The molecule has 1 aromatic rings. The number of nitro groups is 1. The summed E-state index contributed by atoms with van der Waals surface area (Å²) >= 11 is 0. The largest absolute Gasteiger partial charge is 0.473 e. The van der Waals surface area contributed by atoms with Crippen molar-refractivity contribution in [2.45, 2.75) is 43.6 Å². The van der Waals surface area contributed by atoms with Crippen LogP contribution in [0, 0.1) is 10.1 Å². The number of pyridine rings is 1. The third-order valence-corrected chi connectivity index (χ3v) is 5.81. The number of ether oxygens (including phenoxy) is 2. The number of nitrogens with two attached hydrogens (primary N) is 1. The molecule has 3 aliphatic heterocycles. The van der Waals surface area contributed by atoms with Crippen LogP contribution in [0.2, 0.25) is 0 Å². The molecular weight excluding hydrogens is 369 g/mol. The molecule has 0 saturated carbocycles. The maximum Gasteiger partial charge on any atom is 0.331 e. The lowest BCUT2D eigenvalue weighted by Gasteiger charge is -2.42. The molecule has 0 spiro atoms. The quantitative estimate of drug-likeness (QED) is 0.416. The zero-order valence-corrected chi connectivity index (χ0v) is 15.7. The second-order valence-corrected chi connectivity index (χ2v) is 7.60. The summed E-state index contributed by atoms with van der Waals surface area (Å²) in [5.74, 6) is 0.461. The summed E-state index contributed by atoms with van der Waals surface area (Å²) in [6.45, 7) is 3.05. The van der Waals surface area contributed by atoms with E-state index in [4.69, 9.17) is 15.2 Å². The third-order valence-electron chi connectivity index (χ3n) is 5.81. The smallest absolute Gasteiger partial charge is 0.331 e. The highest BCUT2D eigenvalue weighted by Gasteiger charge is 2.45. The Balaban J connectivity index is 1.44. The van der Waals surface area contributed by atoms with E-state index < -0.39 is 11.1 Å². The summed E-state index contributed by atoms with van der Waals surface area (Å²) in [4.78, 5) is 19.1. The lowest BCUT2D eigenvalue weighted by Crippen LogP contribution is -2.55. The summed E-state index contributed by atoms with van der Waals surface area (Å²) in [5.41, 5.74) is 5.25. The number of halogens is 1. The van der Waals surface area contributed by atoms with Gasteiger partial charge in [-0.1, -0.05) is 0 Å². The Morgan fingerprint density at radius 1 is 1.43 bits per heavy atom. The number of likely N-dealkylation sites (tertiary alicyclic amines) is 1. The van der Waals surface area contributed by atoms with Crippen molar-refractivity contribution in [3.05, 3.63) is 22.2 Å². The van der Waals surface area contributed by atoms with Crippen molar-refractivity contribution in [1.82, 2.24) is 9.88 Å². The number of alkyl halides is 1. The summed E-state index contributed by atoms with van der Waals surface area (Å²) in [5, 5.41) is 11.2. The Kier molecular flexibility index (Phi) is 5.61. The lowest BCUT2D eigenvalue weighted by atomic mass is 10.00. The van der Waals surface area contributed by atoms with Gasteiger partial charge in [-0.15, -0.1) is 0 Å². The van der Waals surface area contributed by atoms with Crippen LogP contribution >= 0.6 is 0 Å². The minimum Gasteiger partial charge on any atom is -0.473 e. The highest BCUT2D eigenvalue weighted by Crippen LogP contribution is 2.35. The normalized spacial score (nSPS) is 30.0.